The molecule has 0 saturated carbocycles. The second-order valence-corrected chi connectivity index (χ2v) is 5.10. The Balaban J connectivity index is 2.02. The van der Waals surface area contributed by atoms with Crippen LogP contribution in [-0.4, -0.2) is 39.8 Å². The second-order valence-electron chi connectivity index (χ2n) is 5.10. The summed E-state index contributed by atoms with van der Waals surface area (Å²) in [5.74, 6) is 4.85. The molecule has 0 bridgehead atoms. The molecule has 2 heterocycles. The molecule has 2 rings (SSSR count). The Morgan fingerprint density at radius 1 is 1.48 bits per heavy atom. The van der Waals surface area contributed by atoms with Crippen molar-refractivity contribution >= 4 is 11.8 Å². The van der Waals surface area contributed by atoms with E-state index in [1.807, 2.05) is 0 Å². The molecule has 0 aromatic carbocycles. The molecular weight excluding hydrogens is 268 g/mol. The van der Waals surface area contributed by atoms with Gasteiger partial charge in [-0.15, -0.1) is 0 Å². The van der Waals surface area contributed by atoms with Crippen LogP contribution in [0.3, 0.4) is 0 Å². The fraction of sp³-hybridized carbons (Fsp3) is 0.467. The number of carbonyl (C=O) groups is 2. The van der Waals surface area contributed by atoms with E-state index < -0.39 is 5.91 Å². The van der Waals surface area contributed by atoms with Gasteiger partial charge in [0.25, 0.3) is 11.8 Å². The predicted molar refractivity (Wildman–Crippen MR) is 77.0 cm³/mol. The molecule has 1 atom stereocenters. The number of nitrogens with zero attached hydrogens (tertiary/aromatic N) is 3. The van der Waals surface area contributed by atoms with Crippen molar-refractivity contribution in [3.05, 3.63) is 23.8 Å². The number of hydrogen-bond acceptors (Lipinski definition) is 4. The monoisotopic (exact) mass is 286 g/mol. The highest BCUT2D eigenvalue weighted by molar-refractivity contribution is 5.93. The number of likely N-dealkylation sites (tertiary alicyclic amines) is 1. The Bertz CT molecular complexity index is 603. The molecule has 0 spiro atoms. The summed E-state index contributed by atoms with van der Waals surface area (Å²) in [5, 5.41) is 0. The average Bonchev–Trinajstić information content (AvgIpc) is 2.48. The molecule has 1 fully saturated rings. The maximum absolute atomic E-state index is 11.8. The minimum Gasteiger partial charge on any atom is -0.364 e. The van der Waals surface area contributed by atoms with E-state index >= 15 is 0 Å². The lowest BCUT2D eigenvalue weighted by atomic mass is 9.93. The summed E-state index contributed by atoms with van der Waals surface area (Å²) >= 11 is 0. The Morgan fingerprint density at radius 3 is 3.00 bits per heavy atom. The van der Waals surface area contributed by atoms with Crippen LogP contribution in [0.1, 0.15) is 35.9 Å². The molecule has 1 aliphatic heterocycles. The van der Waals surface area contributed by atoms with E-state index in [1.165, 1.54) is 6.33 Å². The Labute approximate surface area is 123 Å². The number of primary amides is 1. The van der Waals surface area contributed by atoms with Gasteiger partial charge in [-0.25, -0.2) is 9.97 Å². The van der Waals surface area contributed by atoms with E-state index in [9.17, 15) is 9.59 Å². The van der Waals surface area contributed by atoms with Gasteiger partial charge >= 0.3 is 0 Å². The third-order valence-electron chi connectivity index (χ3n) is 3.51. The summed E-state index contributed by atoms with van der Waals surface area (Å²) in [6.07, 6.45) is 4.03. The van der Waals surface area contributed by atoms with Crippen LogP contribution in [0.15, 0.2) is 12.4 Å². The van der Waals surface area contributed by atoms with Crippen molar-refractivity contribution < 1.29 is 9.59 Å². The van der Waals surface area contributed by atoms with Crippen molar-refractivity contribution in [3.63, 3.8) is 0 Å². The molecule has 110 valence electrons. The van der Waals surface area contributed by atoms with E-state index in [-0.39, 0.29) is 11.6 Å². The van der Waals surface area contributed by atoms with Gasteiger partial charge in [-0.05, 0) is 44.1 Å². The standard InChI is InChI=1S/C15H18N4O2/c1-2-4-14(20)19-6-3-5-11(9-19)7-12-8-13(15(16)21)18-10-17-12/h8,10-11H,3,5-7,9H2,1H3,(H2,16,21). The topological polar surface area (TPSA) is 89.2 Å². The van der Waals surface area contributed by atoms with Crippen LogP contribution in [0, 0.1) is 17.8 Å². The van der Waals surface area contributed by atoms with E-state index in [0.717, 1.165) is 25.1 Å². The summed E-state index contributed by atoms with van der Waals surface area (Å²) in [5.41, 5.74) is 6.21. The minimum absolute atomic E-state index is 0.122. The van der Waals surface area contributed by atoms with Gasteiger partial charge in [0.15, 0.2) is 0 Å². The summed E-state index contributed by atoms with van der Waals surface area (Å²) < 4.78 is 0. The molecule has 0 aliphatic carbocycles. The van der Waals surface area contributed by atoms with Gasteiger partial charge in [0.1, 0.15) is 12.0 Å². The lowest BCUT2D eigenvalue weighted by Crippen LogP contribution is -2.40. The SMILES string of the molecule is CC#CC(=O)N1CCCC(Cc2cc(C(N)=O)ncn2)C1. The molecule has 2 amide bonds. The number of carbonyl (C=O) groups excluding carboxylic acids is 2. The van der Waals surface area contributed by atoms with Gasteiger partial charge in [0, 0.05) is 18.8 Å². The first-order valence-corrected chi connectivity index (χ1v) is 6.92. The fourth-order valence-corrected chi connectivity index (χ4v) is 2.54. The number of hydrogen-bond donors (Lipinski definition) is 1. The normalized spacial score (nSPS) is 17.8. The maximum atomic E-state index is 11.8. The number of rotatable bonds is 3. The molecule has 1 aliphatic rings. The lowest BCUT2D eigenvalue weighted by Gasteiger charge is -2.31. The second kappa shape index (κ2) is 6.84. The number of piperidine rings is 1. The number of nitrogens with two attached hydrogens (primary N) is 1. The van der Waals surface area contributed by atoms with Crippen LogP contribution in [-0.2, 0) is 11.2 Å². The molecule has 6 heteroatoms. The van der Waals surface area contributed by atoms with Crippen molar-refractivity contribution in [2.45, 2.75) is 26.2 Å². The molecular formula is C15H18N4O2. The van der Waals surface area contributed by atoms with Crippen LogP contribution in [0.25, 0.3) is 0 Å². The number of aromatic nitrogens is 2. The summed E-state index contributed by atoms with van der Waals surface area (Å²) in [6, 6.07) is 1.62. The van der Waals surface area contributed by atoms with Crippen LogP contribution >= 0.6 is 0 Å². The summed E-state index contributed by atoms with van der Waals surface area (Å²) in [4.78, 5) is 32.7. The maximum Gasteiger partial charge on any atom is 0.298 e. The van der Waals surface area contributed by atoms with E-state index in [4.69, 9.17) is 5.73 Å². The molecule has 2 N–H and O–H groups in total. The van der Waals surface area contributed by atoms with E-state index in [0.29, 0.717) is 18.9 Å². The van der Waals surface area contributed by atoms with Crippen LogP contribution in [0.4, 0.5) is 0 Å². The van der Waals surface area contributed by atoms with Gasteiger partial charge in [0.05, 0.1) is 0 Å². The zero-order valence-corrected chi connectivity index (χ0v) is 12.0. The van der Waals surface area contributed by atoms with Crippen LogP contribution in [0.5, 0.6) is 0 Å². The van der Waals surface area contributed by atoms with E-state index in [1.54, 1.807) is 17.9 Å². The van der Waals surface area contributed by atoms with Crippen molar-refractivity contribution in [2.75, 3.05) is 13.1 Å². The summed E-state index contributed by atoms with van der Waals surface area (Å²) in [7, 11) is 0. The first-order valence-electron chi connectivity index (χ1n) is 6.92. The van der Waals surface area contributed by atoms with Gasteiger partial charge in [-0.1, -0.05) is 5.92 Å². The molecule has 21 heavy (non-hydrogen) atoms. The van der Waals surface area contributed by atoms with Gasteiger partial charge < -0.3 is 10.6 Å². The molecule has 1 saturated heterocycles. The first kappa shape index (κ1) is 15.0. The first-order chi connectivity index (χ1) is 10.1. The molecule has 1 unspecified atom stereocenters. The third-order valence-corrected chi connectivity index (χ3v) is 3.51. The highest BCUT2D eigenvalue weighted by Gasteiger charge is 2.23. The van der Waals surface area contributed by atoms with E-state index in [2.05, 4.69) is 21.8 Å². The van der Waals surface area contributed by atoms with Crippen LogP contribution in [0.2, 0.25) is 0 Å². The van der Waals surface area contributed by atoms with Gasteiger partial charge in [-0.2, -0.15) is 0 Å². The zero-order valence-electron chi connectivity index (χ0n) is 12.0. The third kappa shape index (κ3) is 4.02. The Hall–Kier alpha value is -2.42. The lowest BCUT2D eigenvalue weighted by molar-refractivity contribution is -0.126. The van der Waals surface area contributed by atoms with Crippen molar-refractivity contribution in [1.82, 2.24) is 14.9 Å². The van der Waals surface area contributed by atoms with Crippen molar-refractivity contribution in [1.29, 1.82) is 0 Å². The van der Waals surface area contributed by atoms with Crippen molar-refractivity contribution in [2.24, 2.45) is 11.7 Å². The Kier molecular flexibility index (Phi) is 4.88. The number of amides is 2. The summed E-state index contributed by atoms with van der Waals surface area (Å²) in [6.45, 7) is 3.08. The fourth-order valence-electron chi connectivity index (χ4n) is 2.54. The molecule has 1 aromatic heterocycles. The minimum atomic E-state index is -0.558. The highest BCUT2D eigenvalue weighted by Crippen LogP contribution is 2.20. The molecule has 6 nitrogen and oxygen atoms in total. The average molecular weight is 286 g/mol. The largest absolute Gasteiger partial charge is 0.364 e. The smallest absolute Gasteiger partial charge is 0.298 e. The zero-order chi connectivity index (χ0) is 15.2. The quantitative estimate of drug-likeness (QED) is 0.813. The Morgan fingerprint density at radius 2 is 2.29 bits per heavy atom. The van der Waals surface area contributed by atoms with Gasteiger partial charge in [0.2, 0.25) is 0 Å². The molecule has 0 radical (unpaired) electrons. The van der Waals surface area contributed by atoms with Crippen molar-refractivity contribution in [3.8, 4) is 11.8 Å². The molecule has 1 aromatic rings. The van der Waals surface area contributed by atoms with Gasteiger partial charge in [-0.3, -0.25) is 9.59 Å². The highest BCUT2D eigenvalue weighted by atomic mass is 16.2. The van der Waals surface area contributed by atoms with Crippen LogP contribution < -0.4 is 5.73 Å². The predicted octanol–water partition coefficient (Wildman–Crippen LogP) is 0.380.